The van der Waals surface area contributed by atoms with Gasteiger partial charge in [-0.3, -0.25) is 0 Å². The van der Waals surface area contributed by atoms with Crippen LogP contribution in [0.2, 0.25) is 0 Å². The summed E-state index contributed by atoms with van der Waals surface area (Å²) in [5.41, 5.74) is 1.16. The van der Waals surface area contributed by atoms with Crippen LogP contribution in [0.25, 0.3) is 0 Å². The van der Waals surface area contributed by atoms with Gasteiger partial charge in [-0.1, -0.05) is 13.8 Å². The van der Waals surface area contributed by atoms with Gasteiger partial charge in [-0.15, -0.1) is 0 Å². The predicted molar refractivity (Wildman–Crippen MR) is 78.2 cm³/mol. The number of nitrogens with one attached hydrogen (secondary N) is 1. The molecule has 100 valence electrons. The molecule has 0 amide bonds. The van der Waals surface area contributed by atoms with Gasteiger partial charge in [-0.25, -0.2) is 4.98 Å². The summed E-state index contributed by atoms with van der Waals surface area (Å²) >= 11 is 0. The molecule has 1 aromatic rings. The van der Waals surface area contributed by atoms with E-state index in [4.69, 9.17) is 0 Å². The largest absolute Gasteiger partial charge is 0.379 e. The molecule has 0 bridgehead atoms. The molecule has 1 heterocycles. The van der Waals surface area contributed by atoms with Gasteiger partial charge in [0.1, 0.15) is 0 Å². The van der Waals surface area contributed by atoms with E-state index in [-0.39, 0.29) is 0 Å². The lowest BCUT2D eigenvalue weighted by atomic mass is 9.79. The highest BCUT2D eigenvalue weighted by molar-refractivity contribution is 5.65. The van der Waals surface area contributed by atoms with Gasteiger partial charge in [0.15, 0.2) is 5.82 Å². The molecule has 3 unspecified atom stereocenters. The summed E-state index contributed by atoms with van der Waals surface area (Å²) in [6.07, 6.45) is 5.72. The minimum Gasteiger partial charge on any atom is -0.379 e. The van der Waals surface area contributed by atoms with E-state index in [2.05, 4.69) is 35.1 Å². The third-order valence-corrected chi connectivity index (χ3v) is 4.17. The Bertz CT molecular complexity index is 389. The molecule has 3 atom stereocenters. The Balaban J connectivity index is 2.06. The zero-order chi connectivity index (χ0) is 13.1. The second-order valence-corrected chi connectivity index (χ2v) is 5.88. The molecule has 18 heavy (non-hydrogen) atoms. The van der Waals surface area contributed by atoms with Gasteiger partial charge in [0, 0.05) is 26.3 Å². The summed E-state index contributed by atoms with van der Waals surface area (Å²) in [5, 5.41) is 3.68. The highest BCUT2D eigenvalue weighted by Gasteiger charge is 2.24. The van der Waals surface area contributed by atoms with Gasteiger partial charge >= 0.3 is 0 Å². The van der Waals surface area contributed by atoms with Crippen molar-refractivity contribution in [3.63, 3.8) is 0 Å². The topological polar surface area (TPSA) is 28.2 Å². The van der Waals surface area contributed by atoms with Crippen LogP contribution in [0, 0.1) is 11.8 Å². The molecule has 3 nitrogen and oxygen atoms in total. The van der Waals surface area contributed by atoms with Gasteiger partial charge in [-0.2, -0.15) is 0 Å². The number of nitrogens with zero attached hydrogens (tertiary/aromatic N) is 2. The molecule has 1 saturated carbocycles. The lowest BCUT2D eigenvalue weighted by Crippen LogP contribution is -2.31. The maximum atomic E-state index is 4.44. The molecule has 2 rings (SSSR count). The summed E-state index contributed by atoms with van der Waals surface area (Å²) in [7, 11) is 4.08. The van der Waals surface area contributed by atoms with E-state index in [1.165, 1.54) is 19.3 Å². The van der Waals surface area contributed by atoms with Crippen LogP contribution in [0.1, 0.15) is 33.1 Å². The zero-order valence-electron chi connectivity index (χ0n) is 12.0. The minimum absolute atomic E-state index is 0.596. The number of pyridine rings is 1. The number of rotatable bonds is 3. The van der Waals surface area contributed by atoms with Crippen molar-refractivity contribution in [2.45, 2.75) is 39.2 Å². The lowest BCUT2D eigenvalue weighted by Gasteiger charge is -2.33. The first kappa shape index (κ1) is 13.2. The van der Waals surface area contributed by atoms with E-state index in [1.807, 2.05) is 26.4 Å². The first-order valence-electron chi connectivity index (χ1n) is 6.96. The van der Waals surface area contributed by atoms with Gasteiger partial charge in [0.2, 0.25) is 0 Å². The highest BCUT2D eigenvalue weighted by Crippen LogP contribution is 2.32. The fourth-order valence-corrected chi connectivity index (χ4v) is 2.76. The fraction of sp³-hybridized carbons (Fsp3) is 0.667. The van der Waals surface area contributed by atoms with Crippen molar-refractivity contribution >= 4 is 11.5 Å². The van der Waals surface area contributed by atoms with E-state index < -0.39 is 0 Å². The molecule has 0 aromatic carbocycles. The SMILES string of the molecule is CC1CCC(Nc2cccnc2N(C)C)CC1C. The molecule has 0 radical (unpaired) electrons. The molecular weight excluding hydrogens is 222 g/mol. The molecule has 1 aromatic heterocycles. The Morgan fingerprint density at radius 3 is 2.67 bits per heavy atom. The normalized spacial score (nSPS) is 27.9. The third kappa shape index (κ3) is 2.95. The average molecular weight is 247 g/mol. The molecule has 1 aliphatic rings. The maximum Gasteiger partial charge on any atom is 0.151 e. The second-order valence-electron chi connectivity index (χ2n) is 5.88. The lowest BCUT2D eigenvalue weighted by molar-refractivity contribution is 0.261. The highest BCUT2D eigenvalue weighted by atomic mass is 15.2. The van der Waals surface area contributed by atoms with Gasteiger partial charge in [0.25, 0.3) is 0 Å². The molecule has 0 saturated heterocycles. The van der Waals surface area contributed by atoms with Crippen molar-refractivity contribution in [2.75, 3.05) is 24.3 Å². The molecule has 1 N–H and O–H groups in total. The Hall–Kier alpha value is -1.25. The standard InChI is InChI=1S/C15H25N3/c1-11-7-8-13(10-12(11)2)17-14-6-5-9-16-15(14)18(3)4/h5-6,9,11-13,17H,7-8,10H2,1-4H3. The number of aromatic nitrogens is 1. The van der Waals surface area contributed by atoms with Gasteiger partial charge < -0.3 is 10.2 Å². The first-order chi connectivity index (χ1) is 8.58. The summed E-state index contributed by atoms with van der Waals surface area (Å²) in [4.78, 5) is 6.51. The maximum absolute atomic E-state index is 4.44. The van der Waals surface area contributed by atoms with Crippen molar-refractivity contribution in [1.29, 1.82) is 0 Å². The third-order valence-electron chi connectivity index (χ3n) is 4.17. The Morgan fingerprint density at radius 2 is 2.00 bits per heavy atom. The van der Waals surface area contributed by atoms with E-state index in [0.29, 0.717) is 6.04 Å². The fourth-order valence-electron chi connectivity index (χ4n) is 2.76. The Morgan fingerprint density at radius 1 is 1.22 bits per heavy atom. The van der Waals surface area contributed by atoms with Crippen LogP contribution in [0.3, 0.4) is 0 Å². The van der Waals surface area contributed by atoms with Crippen LogP contribution in [0.4, 0.5) is 11.5 Å². The van der Waals surface area contributed by atoms with Crippen LogP contribution in [0.5, 0.6) is 0 Å². The van der Waals surface area contributed by atoms with Crippen molar-refractivity contribution in [2.24, 2.45) is 11.8 Å². The van der Waals surface area contributed by atoms with Crippen molar-refractivity contribution in [3.05, 3.63) is 18.3 Å². The number of hydrogen-bond donors (Lipinski definition) is 1. The Kier molecular flexibility index (Phi) is 4.10. The molecule has 1 fully saturated rings. The van der Waals surface area contributed by atoms with Gasteiger partial charge in [-0.05, 0) is 43.2 Å². The van der Waals surface area contributed by atoms with Crippen LogP contribution in [-0.2, 0) is 0 Å². The minimum atomic E-state index is 0.596. The second kappa shape index (κ2) is 5.59. The van der Waals surface area contributed by atoms with Crippen LogP contribution in [-0.4, -0.2) is 25.1 Å². The molecule has 0 aliphatic heterocycles. The van der Waals surface area contributed by atoms with E-state index in [1.54, 1.807) is 0 Å². The van der Waals surface area contributed by atoms with Crippen molar-refractivity contribution in [3.8, 4) is 0 Å². The number of hydrogen-bond acceptors (Lipinski definition) is 3. The molecule has 3 heteroatoms. The zero-order valence-corrected chi connectivity index (χ0v) is 12.0. The average Bonchev–Trinajstić information content (AvgIpc) is 2.34. The summed E-state index contributed by atoms with van der Waals surface area (Å²) < 4.78 is 0. The molecule has 1 aliphatic carbocycles. The van der Waals surface area contributed by atoms with Crippen LogP contribution >= 0.6 is 0 Å². The van der Waals surface area contributed by atoms with E-state index in [9.17, 15) is 0 Å². The summed E-state index contributed by atoms with van der Waals surface area (Å²) in [6, 6.07) is 4.73. The quantitative estimate of drug-likeness (QED) is 0.887. The van der Waals surface area contributed by atoms with Crippen LogP contribution in [0.15, 0.2) is 18.3 Å². The summed E-state index contributed by atoms with van der Waals surface area (Å²) in [5.74, 6) is 2.71. The molecule has 0 spiro atoms. The predicted octanol–water partition coefficient (Wildman–Crippen LogP) is 3.38. The van der Waals surface area contributed by atoms with E-state index in [0.717, 1.165) is 23.3 Å². The van der Waals surface area contributed by atoms with Crippen molar-refractivity contribution < 1.29 is 0 Å². The monoisotopic (exact) mass is 247 g/mol. The van der Waals surface area contributed by atoms with Gasteiger partial charge in [0.05, 0.1) is 5.69 Å². The van der Waals surface area contributed by atoms with Crippen molar-refractivity contribution in [1.82, 2.24) is 4.98 Å². The summed E-state index contributed by atoms with van der Waals surface area (Å²) in [6.45, 7) is 4.74. The van der Waals surface area contributed by atoms with Crippen LogP contribution < -0.4 is 10.2 Å². The Labute approximate surface area is 111 Å². The smallest absolute Gasteiger partial charge is 0.151 e. The first-order valence-corrected chi connectivity index (χ1v) is 6.96. The number of anilines is 2. The van der Waals surface area contributed by atoms with E-state index >= 15 is 0 Å². The molecular formula is C15H25N3.